The lowest BCUT2D eigenvalue weighted by molar-refractivity contribution is 0.474. The molecule has 0 spiro atoms. The Kier molecular flexibility index (Phi) is 5.07. The summed E-state index contributed by atoms with van der Waals surface area (Å²) in [6, 6.07) is 8.41. The minimum atomic E-state index is 0.114. The fourth-order valence-electron chi connectivity index (χ4n) is 2.31. The zero-order valence-electron chi connectivity index (χ0n) is 13.5. The van der Waals surface area contributed by atoms with E-state index in [-0.39, 0.29) is 6.04 Å². The number of hydrogen-bond donors (Lipinski definition) is 1. The van der Waals surface area contributed by atoms with E-state index < -0.39 is 0 Å². The van der Waals surface area contributed by atoms with Crippen molar-refractivity contribution in [1.29, 1.82) is 0 Å². The Balaban J connectivity index is 2.32. The number of nitrogens with zero attached hydrogens (tertiary/aromatic N) is 4. The molecule has 2 aromatic rings. The van der Waals surface area contributed by atoms with E-state index in [4.69, 9.17) is 0 Å². The number of hydrogen-bond acceptors (Lipinski definition) is 4. The first kappa shape index (κ1) is 15.6. The molecule has 0 aliphatic rings. The van der Waals surface area contributed by atoms with Crippen molar-refractivity contribution in [3.05, 3.63) is 35.7 Å². The van der Waals surface area contributed by atoms with Crippen molar-refractivity contribution in [2.75, 3.05) is 6.54 Å². The van der Waals surface area contributed by atoms with E-state index in [2.05, 4.69) is 73.7 Å². The Morgan fingerprint density at radius 1 is 1.10 bits per heavy atom. The zero-order chi connectivity index (χ0) is 15.4. The predicted molar refractivity (Wildman–Crippen MR) is 84.5 cm³/mol. The molecule has 0 amide bonds. The van der Waals surface area contributed by atoms with Crippen LogP contribution in [0, 0.1) is 5.92 Å². The highest BCUT2D eigenvalue weighted by Gasteiger charge is 2.18. The molecule has 0 saturated carbocycles. The average molecular weight is 287 g/mol. The Morgan fingerprint density at radius 3 is 2.48 bits per heavy atom. The molecule has 0 aliphatic heterocycles. The van der Waals surface area contributed by atoms with Crippen molar-refractivity contribution in [2.24, 2.45) is 5.92 Å². The van der Waals surface area contributed by atoms with Crippen molar-refractivity contribution in [3.8, 4) is 5.69 Å². The predicted octanol–water partition coefficient (Wildman–Crippen LogP) is 3.09. The first-order chi connectivity index (χ1) is 10.0. The van der Waals surface area contributed by atoms with Crippen LogP contribution in [0.25, 0.3) is 5.69 Å². The third-order valence-corrected chi connectivity index (χ3v) is 3.50. The van der Waals surface area contributed by atoms with Crippen LogP contribution in [0.5, 0.6) is 0 Å². The lowest BCUT2D eigenvalue weighted by Crippen LogP contribution is -2.26. The van der Waals surface area contributed by atoms with E-state index in [1.807, 2.05) is 10.7 Å². The van der Waals surface area contributed by atoms with Gasteiger partial charge in [-0.15, -0.1) is 5.10 Å². The topological polar surface area (TPSA) is 55.6 Å². The van der Waals surface area contributed by atoms with Gasteiger partial charge in [-0.1, -0.05) is 45.9 Å². The largest absolute Gasteiger partial charge is 0.307 e. The van der Waals surface area contributed by atoms with Crippen LogP contribution in [-0.4, -0.2) is 26.8 Å². The van der Waals surface area contributed by atoms with Gasteiger partial charge in [-0.25, -0.2) is 0 Å². The van der Waals surface area contributed by atoms with Crippen molar-refractivity contribution < 1.29 is 0 Å². The molecule has 114 valence electrons. The summed E-state index contributed by atoms with van der Waals surface area (Å²) >= 11 is 0. The molecule has 1 aromatic heterocycles. The molecular weight excluding hydrogens is 262 g/mol. The number of benzene rings is 1. The second kappa shape index (κ2) is 6.80. The molecule has 2 rings (SSSR count). The van der Waals surface area contributed by atoms with Crippen LogP contribution in [0.3, 0.4) is 0 Å². The highest BCUT2D eigenvalue weighted by atomic mass is 15.5. The average Bonchev–Trinajstić information content (AvgIpc) is 2.94. The summed E-state index contributed by atoms with van der Waals surface area (Å²) in [6.07, 6.45) is 0. The Bertz CT molecular complexity index is 574. The molecule has 0 radical (unpaired) electrons. The molecule has 1 heterocycles. The summed E-state index contributed by atoms with van der Waals surface area (Å²) < 4.78 is 1.85. The van der Waals surface area contributed by atoms with Gasteiger partial charge in [0.1, 0.15) is 0 Å². The maximum absolute atomic E-state index is 4.21. The van der Waals surface area contributed by atoms with Gasteiger partial charge < -0.3 is 5.32 Å². The summed E-state index contributed by atoms with van der Waals surface area (Å²) in [5.41, 5.74) is 2.31. The SMILES string of the molecule is CC(C)CNC(C)c1nnnn1-c1ccccc1C(C)C. The van der Waals surface area contributed by atoms with Crippen LogP contribution < -0.4 is 5.32 Å². The van der Waals surface area contributed by atoms with Crippen LogP contribution in [0.2, 0.25) is 0 Å². The number of nitrogens with one attached hydrogen (secondary N) is 1. The van der Waals surface area contributed by atoms with E-state index >= 15 is 0 Å². The van der Waals surface area contributed by atoms with E-state index in [0.717, 1.165) is 18.1 Å². The Morgan fingerprint density at radius 2 is 1.81 bits per heavy atom. The van der Waals surface area contributed by atoms with E-state index in [9.17, 15) is 0 Å². The molecule has 1 N–H and O–H groups in total. The summed E-state index contributed by atoms with van der Waals surface area (Å²) in [5.74, 6) is 1.88. The quantitative estimate of drug-likeness (QED) is 0.887. The normalized spacial score (nSPS) is 13.1. The summed E-state index contributed by atoms with van der Waals surface area (Å²) in [7, 11) is 0. The first-order valence-electron chi connectivity index (χ1n) is 7.61. The summed E-state index contributed by atoms with van der Waals surface area (Å²) in [5, 5.41) is 15.8. The van der Waals surface area contributed by atoms with E-state index in [1.165, 1.54) is 5.56 Å². The third-order valence-electron chi connectivity index (χ3n) is 3.50. The highest BCUT2D eigenvalue weighted by molar-refractivity contribution is 5.42. The molecule has 5 heteroatoms. The van der Waals surface area contributed by atoms with Crippen LogP contribution in [0.15, 0.2) is 24.3 Å². The Labute approximate surface area is 126 Å². The number of tetrazole rings is 1. The van der Waals surface area contributed by atoms with Crippen LogP contribution >= 0.6 is 0 Å². The maximum atomic E-state index is 4.21. The van der Waals surface area contributed by atoms with Gasteiger partial charge in [0.15, 0.2) is 5.82 Å². The molecule has 1 aromatic carbocycles. The lowest BCUT2D eigenvalue weighted by Gasteiger charge is -2.17. The monoisotopic (exact) mass is 287 g/mol. The van der Waals surface area contributed by atoms with Crippen molar-refractivity contribution in [1.82, 2.24) is 25.5 Å². The molecule has 0 fully saturated rings. The molecule has 1 atom stereocenters. The van der Waals surface area contributed by atoms with Crippen LogP contribution in [0.4, 0.5) is 0 Å². The minimum absolute atomic E-state index is 0.114. The van der Waals surface area contributed by atoms with Gasteiger partial charge in [-0.2, -0.15) is 4.68 Å². The molecule has 0 aliphatic carbocycles. The number of para-hydroxylation sites is 1. The standard InChI is InChI=1S/C16H25N5/c1-11(2)10-17-13(5)16-18-19-20-21(16)15-9-7-6-8-14(15)12(3)4/h6-9,11-13,17H,10H2,1-5H3. The van der Waals surface area contributed by atoms with Crippen molar-refractivity contribution in [3.63, 3.8) is 0 Å². The summed E-state index contributed by atoms with van der Waals surface area (Å²) in [6.45, 7) is 11.8. The number of aromatic nitrogens is 4. The van der Waals surface area contributed by atoms with Gasteiger partial charge in [-0.3, -0.25) is 0 Å². The summed E-state index contributed by atoms with van der Waals surface area (Å²) in [4.78, 5) is 0. The van der Waals surface area contributed by atoms with Crippen molar-refractivity contribution >= 4 is 0 Å². The first-order valence-corrected chi connectivity index (χ1v) is 7.61. The van der Waals surface area contributed by atoms with Crippen LogP contribution in [0.1, 0.15) is 58.0 Å². The van der Waals surface area contributed by atoms with Gasteiger partial charge in [-0.05, 0) is 47.4 Å². The third kappa shape index (κ3) is 3.67. The molecule has 1 unspecified atom stereocenters. The van der Waals surface area contributed by atoms with Crippen LogP contribution in [-0.2, 0) is 0 Å². The molecule has 0 saturated heterocycles. The molecule has 21 heavy (non-hydrogen) atoms. The lowest BCUT2D eigenvalue weighted by atomic mass is 10.0. The van der Waals surface area contributed by atoms with Gasteiger partial charge in [0.05, 0.1) is 11.7 Å². The van der Waals surface area contributed by atoms with E-state index in [0.29, 0.717) is 11.8 Å². The van der Waals surface area contributed by atoms with Gasteiger partial charge in [0.2, 0.25) is 0 Å². The number of rotatable bonds is 6. The van der Waals surface area contributed by atoms with Crippen molar-refractivity contribution in [2.45, 2.75) is 46.6 Å². The van der Waals surface area contributed by atoms with E-state index in [1.54, 1.807) is 0 Å². The smallest absolute Gasteiger partial charge is 0.173 e. The van der Waals surface area contributed by atoms with Gasteiger partial charge >= 0.3 is 0 Å². The highest BCUT2D eigenvalue weighted by Crippen LogP contribution is 2.24. The Hall–Kier alpha value is -1.75. The molecule has 0 bridgehead atoms. The molecular formula is C16H25N5. The second-order valence-electron chi connectivity index (χ2n) is 6.19. The molecule has 5 nitrogen and oxygen atoms in total. The minimum Gasteiger partial charge on any atom is -0.307 e. The fraction of sp³-hybridized carbons (Fsp3) is 0.562. The zero-order valence-corrected chi connectivity index (χ0v) is 13.5. The van der Waals surface area contributed by atoms with Gasteiger partial charge in [0.25, 0.3) is 0 Å². The second-order valence-corrected chi connectivity index (χ2v) is 6.19. The maximum Gasteiger partial charge on any atom is 0.173 e. The fourth-order valence-corrected chi connectivity index (χ4v) is 2.31. The van der Waals surface area contributed by atoms with Gasteiger partial charge in [0, 0.05) is 0 Å².